The molecule has 23 heavy (non-hydrogen) atoms. The number of aromatic amines is 1. The molecule has 0 unspecified atom stereocenters. The maximum absolute atomic E-state index is 12.3. The Morgan fingerprint density at radius 1 is 1.04 bits per heavy atom. The molecule has 0 aliphatic carbocycles. The van der Waals surface area contributed by atoms with Gasteiger partial charge in [0.15, 0.2) is 5.43 Å². The van der Waals surface area contributed by atoms with Gasteiger partial charge in [-0.15, -0.1) is 0 Å². The predicted octanol–water partition coefficient (Wildman–Crippen LogP) is 3.26. The minimum atomic E-state index is -4.03. The summed E-state index contributed by atoms with van der Waals surface area (Å²) in [6.07, 6.45) is 0. The first-order chi connectivity index (χ1) is 10.8. The van der Waals surface area contributed by atoms with Gasteiger partial charge in [-0.25, -0.2) is 0 Å². The fraction of sp³-hybridized carbons (Fsp3) is 0.0625. The minimum Gasteiger partial charge on any atom is -0.360 e. The topological polar surface area (TPSA) is 76.2 Å². The zero-order valence-corrected chi connectivity index (χ0v) is 13.6. The van der Waals surface area contributed by atoms with Gasteiger partial charge in [-0.1, -0.05) is 29.3 Å². The molecule has 0 fully saturated rings. The van der Waals surface area contributed by atoms with E-state index in [1.54, 1.807) is 24.3 Å². The first kappa shape index (κ1) is 15.6. The van der Waals surface area contributed by atoms with Gasteiger partial charge >= 0.3 is 10.1 Å². The molecule has 5 nitrogen and oxygen atoms in total. The van der Waals surface area contributed by atoms with E-state index in [-0.39, 0.29) is 16.2 Å². The van der Waals surface area contributed by atoms with Gasteiger partial charge < -0.3 is 9.17 Å². The van der Waals surface area contributed by atoms with Crippen molar-refractivity contribution >= 4 is 32.6 Å². The highest BCUT2D eigenvalue weighted by atomic mass is 35.5. The molecule has 7 heteroatoms. The van der Waals surface area contributed by atoms with Crippen molar-refractivity contribution in [2.45, 2.75) is 11.8 Å². The van der Waals surface area contributed by atoms with Crippen LogP contribution in [0.2, 0.25) is 5.02 Å². The van der Waals surface area contributed by atoms with Crippen LogP contribution in [0.5, 0.6) is 5.88 Å². The van der Waals surface area contributed by atoms with Gasteiger partial charge in [-0.05, 0) is 37.3 Å². The number of halogens is 1. The van der Waals surface area contributed by atoms with Gasteiger partial charge in [-0.3, -0.25) is 4.79 Å². The molecule has 0 spiro atoms. The van der Waals surface area contributed by atoms with E-state index in [2.05, 4.69) is 4.98 Å². The van der Waals surface area contributed by atoms with E-state index in [0.29, 0.717) is 15.9 Å². The van der Waals surface area contributed by atoms with Crippen LogP contribution < -0.4 is 9.61 Å². The highest BCUT2D eigenvalue weighted by molar-refractivity contribution is 7.87. The maximum atomic E-state index is 12.3. The molecule has 1 heterocycles. The number of hydrogen-bond acceptors (Lipinski definition) is 4. The van der Waals surface area contributed by atoms with Crippen LogP contribution in [0.25, 0.3) is 10.9 Å². The molecule has 0 saturated heterocycles. The number of aromatic nitrogens is 1. The molecule has 118 valence electrons. The molecule has 0 aliphatic rings. The van der Waals surface area contributed by atoms with Crippen LogP contribution >= 0.6 is 11.6 Å². The lowest BCUT2D eigenvalue weighted by Gasteiger charge is -2.08. The summed E-state index contributed by atoms with van der Waals surface area (Å²) in [6, 6.07) is 12.0. The van der Waals surface area contributed by atoms with E-state index in [0.717, 1.165) is 11.6 Å². The molecule has 0 aliphatic heterocycles. The maximum Gasteiger partial charge on any atom is 0.340 e. The highest BCUT2D eigenvalue weighted by Crippen LogP contribution is 2.20. The average Bonchev–Trinajstić information content (AvgIpc) is 2.46. The fourth-order valence-electron chi connectivity index (χ4n) is 2.12. The second-order valence-corrected chi connectivity index (χ2v) is 7.02. The van der Waals surface area contributed by atoms with Gasteiger partial charge in [-0.2, -0.15) is 8.42 Å². The molecule has 0 bridgehead atoms. The number of pyridine rings is 1. The van der Waals surface area contributed by atoms with Gasteiger partial charge in [0.25, 0.3) is 0 Å². The first-order valence-electron chi connectivity index (χ1n) is 6.69. The number of rotatable bonds is 3. The van der Waals surface area contributed by atoms with Gasteiger partial charge in [0.1, 0.15) is 4.90 Å². The molecule has 1 N–H and O–H groups in total. The monoisotopic (exact) mass is 349 g/mol. The van der Waals surface area contributed by atoms with E-state index in [1.807, 2.05) is 6.92 Å². The number of aryl methyl sites for hydroxylation is 1. The lowest BCUT2D eigenvalue weighted by Crippen LogP contribution is -2.13. The standard InChI is InChI=1S/C16H12ClNO4S/c1-10-2-5-12(6-3-10)23(20,21)22-16-9-15(19)13-7-4-11(17)8-14(13)18-16/h2-9H,1H3,(H,18,19). The van der Waals surface area contributed by atoms with E-state index in [4.69, 9.17) is 15.8 Å². The molecule has 3 aromatic rings. The molecule has 0 saturated carbocycles. The van der Waals surface area contributed by atoms with Gasteiger partial charge in [0.05, 0.1) is 5.52 Å². The van der Waals surface area contributed by atoms with Crippen molar-refractivity contribution in [3.8, 4) is 5.88 Å². The number of nitrogens with one attached hydrogen (secondary N) is 1. The Hall–Kier alpha value is -2.31. The van der Waals surface area contributed by atoms with Crippen molar-refractivity contribution in [1.29, 1.82) is 0 Å². The van der Waals surface area contributed by atoms with E-state index in [9.17, 15) is 13.2 Å². The van der Waals surface area contributed by atoms with Gasteiger partial charge in [0.2, 0.25) is 5.88 Å². The van der Waals surface area contributed by atoms with E-state index in [1.165, 1.54) is 18.2 Å². The predicted molar refractivity (Wildman–Crippen MR) is 88.6 cm³/mol. The van der Waals surface area contributed by atoms with E-state index >= 15 is 0 Å². The van der Waals surface area contributed by atoms with Crippen LogP contribution in [0.3, 0.4) is 0 Å². The van der Waals surface area contributed by atoms with Crippen molar-refractivity contribution < 1.29 is 12.6 Å². The number of hydrogen-bond donors (Lipinski definition) is 1. The third kappa shape index (κ3) is 3.23. The van der Waals surface area contributed by atoms with Crippen molar-refractivity contribution in [2.24, 2.45) is 0 Å². The summed E-state index contributed by atoms with van der Waals surface area (Å²) in [7, 11) is -4.03. The largest absolute Gasteiger partial charge is 0.360 e. The summed E-state index contributed by atoms with van der Waals surface area (Å²) in [5.74, 6) is -0.162. The quantitative estimate of drug-likeness (QED) is 0.736. The van der Waals surface area contributed by atoms with Crippen LogP contribution in [0.4, 0.5) is 0 Å². The third-order valence-electron chi connectivity index (χ3n) is 3.28. The number of fused-ring (bicyclic) bond motifs is 1. The normalized spacial score (nSPS) is 11.6. The van der Waals surface area contributed by atoms with Crippen molar-refractivity contribution in [1.82, 2.24) is 4.98 Å². The van der Waals surface area contributed by atoms with Crippen molar-refractivity contribution in [2.75, 3.05) is 0 Å². The zero-order chi connectivity index (χ0) is 16.6. The fourth-order valence-corrected chi connectivity index (χ4v) is 3.18. The van der Waals surface area contributed by atoms with Crippen LogP contribution in [0.15, 0.2) is 58.2 Å². The second-order valence-electron chi connectivity index (χ2n) is 5.04. The molecular weight excluding hydrogens is 338 g/mol. The summed E-state index contributed by atoms with van der Waals surface area (Å²) in [5, 5.41) is 0.821. The molecular formula is C16H12ClNO4S. The summed E-state index contributed by atoms with van der Waals surface area (Å²) in [5.41, 5.74) is 0.973. The molecule has 0 radical (unpaired) electrons. The Balaban J connectivity index is 2.04. The first-order valence-corrected chi connectivity index (χ1v) is 8.47. The smallest absolute Gasteiger partial charge is 0.340 e. The summed E-state index contributed by atoms with van der Waals surface area (Å²) in [6.45, 7) is 1.85. The summed E-state index contributed by atoms with van der Waals surface area (Å²) >= 11 is 5.89. The van der Waals surface area contributed by atoms with Crippen molar-refractivity contribution in [3.63, 3.8) is 0 Å². The van der Waals surface area contributed by atoms with Crippen LogP contribution in [-0.2, 0) is 10.1 Å². The molecule has 2 aromatic carbocycles. The molecule has 0 amide bonds. The minimum absolute atomic E-state index is 0.00939. The SMILES string of the molecule is Cc1ccc(S(=O)(=O)Oc2cc(=O)c3ccc(Cl)cc3[nH]2)cc1. The molecule has 0 atom stereocenters. The Morgan fingerprint density at radius 2 is 1.74 bits per heavy atom. The van der Waals surface area contributed by atoms with Crippen LogP contribution in [-0.4, -0.2) is 13.4 Å². The second kappa shape index (κ2) is 5.72. The summed E-state index contributed by atoms with van der Waals surface area (Å²) in [4.78, 5) is 14.8. The average molecular weight is 350 g/mol. The Morgan fingerprint density at radius 3 is 2.43 bits per heavy atom. The highest BCUT2D eigenvalue weighted by Gasteiger charge is 2.17. The van der Waals surface area contributed by atoms with Gasteiger partial charge in [0, 0.05) is 16.5 Å². The third-order valence-corrected chi connectivity index (χ3v) is 4.76. The Kier molecular flexibility index (Phi) is 3.87. The Bertz CT molecular complexity index is 1040. The van der Waals surface area contributed by atoms with Crippen LogP contribution in [0.1, 0.15) is 5.56 Å². The van der Waals surface area contributed by atoms with E-state index < -0.39 is 10.1 Å². The van der Waals surface area contributed by atoms with Crippen LogP contribution in [0, 0.1) is 6.92 Å². The lowest BCUT2D eigenvalue weighted by atomic mass is 10.2. The molecule has 1 aromatic heterocycles. The number of benzene rings is 2. The Labute approximate surface area is 137 Å². The summed E-state index contributed by atoms with van der Waals surface area (Å²) < 4.78 is 29.5. The lowest BCUT2D eigenvalue weighted by molar-refractivity contribution is 0.477. The number of H-pyrrole nitrogens is 1. The molecule has 3 rings (SSSR count). The zero-order valence-electron chi connectivity index (χ0n) is 12.0. The van der Waals surface area contributed by atoms with Crippen molar-refractivity contribution in [3.05, 3.63) is 69.3 Å².